The zero-order valence-electron chi connectivity index (χ0n) is 15.0. The van der Waals surface area contributed by atoms with Crippen LogP contribution in [0.3, 0.4) is 0 Å². The zero-order valence-corrected chi connectivity index (χ0v) is 15.0. The van der Waals surface area contributed by atoms with E-state index in [1.165, 1.54) is 12.8 Å². The van der Waals surface area contributed by atoms with Crippen LogP contribution in [-0.2, 0) is 9.53 Å². The summed E-state index contributed by atoms with van der Waals surface area (Å²) < 4.78 is 5.51. The molecule has 7 nitrogen and oxygen atoms in total. The van der Waals surface area contributed by atoms with Crippen LogP contribution in [0.4, 0.5) is 0 Å². The van der Waals surface area contributed by atoms with Crippen molar-refractivity contribution < 1.29 is 9.53 Å². The highest BCUT2D eigenvalue weighted by molar-refractivity contribution is 5.79. The molecule has 138 valence electrons. The summed E-state index contributed by atoms with van der Waals surface area (Å²) in [5.41, 5.74) is 0. The molecular weight excluding hydrogens is 318 g/mol. The van der Waals surface area contributed by atoms with Crippen LogP contribution in [0.25, 0.3) is 0 Å². The topological polar surface area (TPSA) is 83.1 Å². The smallest absolute Gasteiger partial charge is 0.223 e. The van der Waals surface area contributed by atoms with E-state index in [0.717, 1.165) is 63.6 Å². The summed E-state index contributed by atoms with van der Waals surface area (Å²) in [6, 6.07) is 0.649. The monoisotopic (exact) mass is 347 g/mol. The lowest BCUT2D eigenvalue weighted by atomic mass is 10.0. The lowest BCUT2D eigenvalue weighted by Gasteiger charge is -2.31. The van der Waals surface area contributed by atoms with E-state index < -0.39 is 0 Å². The number of aromatic amines is 1. The van der Waals surface area contributed by atoms with Crippen LogP contribution < -0.4 is 5.32 Å². The Morgan fingerprint density at radius 2 is 1.96 bits per heavy atom. The van der Waals surface area contributed by atoms with Crippen LogP contribution in [0.5, 0.6) is 0 Å². The first-order chi connectivity index (χ1) is 12.2. The minimum Gasteiger partial charge on any atom is -0.381 e. The molecule has 0 radical (unpaired) electrons. The number of amides is 1. The van der Waals surface area contributed by atoms with Crippen molar-refractivity contribution in [3.05, 3.63) is 11.6 Å². The van der Waals surface area contributed by atoms with Crippen LogP contribution in [0.15, 0.2) is 0 Å². The molecule has 3 heterocycles. The lowest BCUT2D eigenvalue weighted by Crippen LogP contribution is -2.44. The fourth-order valence-electron chi connectivity index (χ4n) is 4.60. The number of nitrogens with zero attached hydrogens (tertiary/aromatic N) is 3. The first-order valence-electron chi connectivity index (χ1n) is 9.72. The van der Waals surface area contributed by atoms with Crippen molar-refractivity contribution in [2.75, 3.05) is 26.3 Å². The van der Waals surface area contributed by atoms with E-state index in [2.05, 4.69) is 25.4 Å². The molecule has 0 aromatic carbocycles. The van der Waals surface area contributed by atoms with Gasteiger partial charge in [0, 0.05) is 38.3 Å². The summed E-state index contributed by atoms with van der Waals surface area (Å²) in [5.74, 6) is 2.27. The predicted molar refractivity (Wildman–Crippen MR) is 93.2 cm³/mol. The summed E-state index contributed by atoms with van der Waals surface area (Å²) in [6.07, 6.45) is 6.58. The lowest BCUT2D eigenvalue weighted by molar-refractivity contribution is -0.125. The second-order valence-corrected chi connectivity index (χ2v) is 7.78. The number of rotatable bonds is 4. The highest BCUT2D eigenvalue weighted by Crippen LogP contribution is 2.31. The Hall–Kier alpha value is -1.47. The first kappa shape index (κ1) is 17.0. The van der Waals surface area contributed by atoms with Gasteiger partial charge in [-0.1, -0.05) is 12.8 Å². The third-order valence-corrected chi connectivity index (χ3v) is 6.06. The molecule has 25 heavy (non-hydrogen) atoms. The molecule has 0 spiro atoms. The highest BCUT2D eigenvalue weighted by Gasteiger charge is 2.41. The summed E-state index contributed by atoms with van der Waals surface area (Å²) in [5, 5.41) is 10.7. The first-order valence-corrected chi connectivity index (χ1v) is 9.72. The van der Waals surface area contributed by atoms with Gasteiger partial charge in [-0.15, -0.1) is 0 Å². The molecule has 2 saturated heterocycles. The Bertz CT molecular complexity index is 592. The second kappa shape index (κ2) is 7.41. The molecule has 2 N–H and O–H groups in total. The fraction of sp³-hybridized carbons (Fsp3) is 0.833. The summed E-state index contributed by atoms with van der Waals surface area (Å²) in [4.78, 5) is 19.7. The molecule has 1 aliphatic carbocycles. The van der Waals surface area contributed by atoms with Gasteiger partial charge in [-0.3, -0.25) is 14.8 Å². The van der Waals surface area contributed by atoms with E-state index >= 15 is 0 Å². The van der Waals surface area contributed by atoms with Gasteiger partial charge < -0.3 is 10.1 Å². The number of ether oxygens (including phenoxy) is 1. The van der Waals surface area contributed by atoms with Gasteiger partial charge in [-0.25, -0.2) is 4.98 Å². The van der Waals surface area contributed by atoms with E-state index in [9.17, 15) is 4.79 Å². The molecule has 1 aromatic heterocycles. The molecule has 2 atom stereocenters. The van der Waals surface area contributed by atoms with Crippen LogP contribution in [0.1, 0.15) is 56.1 Å². The van der Waals surface area contributed by atoms with Crippen LogP contribution in [-0.4, -0.2) is 64.4 Å². The quantitative estimate of drug-likeness (QED) is 0.859. The van der Waals surface area contributed by atoms with E-state index in [1.807, 2.05) is 6.92 Å². The number of carbonyl (C=O) groups is 1. The molecule has 1 saturated carbocycles. The fourth-order valence-corrected chi connectivity index (χ4v) is 4.60. The number of H-pyrrole nitrogens is 1. The number of hydrogen-bond donors (Lipinski definition) is 2. The van der Waals surface area contributed by atoms with Gasteiger partial charge in [0.1, 0.15) is 5.82 Å². The van der Waals surface area contributed by atoms with E-state index in [4.69, 9.17) is 4.74 Å². The Morgan fingerprint density at radius 3 is 2.64 bits per heavy atom. The Morgan fingerprint density at radius 1 is 1.20 bits per heavy atom. The van der Waals surface area contributed by atoms with Crippen molar-refractivity contribution in [2.24, 2.45) is 5.92 Å². The second-order valence-electron chi connectivity index (χ2n) is 7.78. The van der Waals surface area contributed by atoms with Crippen molar-refractivity contribution in [3.8, 4) is 0 Å². The minimum absolute atomic E-state index is 0.103. The van der Waals surface area contributed by atoms with Crippen molar-refractivity contribution in [1.29, 1.82) is 0 Å². The molecule has 3 aliphatic rings. The molecular formula is C18H29N5O2. The number of aryl methyl sites for hydroxylation is 1. The molecule has 4 rings (SSSR count). The van der Waals surface area contributed by atoms with E-state index in [-0.39, 0.29) is 23.8 Å². The van der Waals surface area contributed by atoms with Gasteiger partial charge in [-0.05, 0) is 32.6 Å². The number of likely N-dealkylation sites (tertiary alicyclic amines) is 1. The number of carbonyl (C=O) groups excluding carboxylic acids is 1. The molecule has 1 aromatic rings. The zero-order chi connectivity index (χ0) is 17.2. The maximum atomic E-state index is 12.7. The van der Waals surface area contributed by atoms with Crippen molar-refractivity contribution in [1.82, 2.24) is 25.4 Å². The van der Waals surface area contributed by atoms with Crippen molar-refractivity contribution in [3.63, 3.8) is 0 Å². The highest BCUT2D eigenvalue weighted by atomic mass is 16.5. The third kappa shape index (κ3) is 3.72. The maximum Gasteiger partial charge on any atom is 0.223 e. The number of nitrogens with one attached hydrogen (secondary N) is 2. The summed E-state index contributed by atoms with van der Waals surface area (Å²) in [6.45, 7) is 5.40. The van der Waals surface area contributed by atoms with Gasteiger partial charge in [0.05, 0.1) is 12.0 Å². The number of hydrogen-bond acceptors (Lipinski definition) is 5. The Kier molecular flexibility index (Phi) is 5.03. The summed E-state index contributed by atoms with van der Waals surface area (Å²) in [7, 11) is 0. The van der Waals surface area contributed by atoms with Gasteiger partial charge in [0.15, 0.2) is 5.82 Å². The van der Waals surface area contributed by atoms with Gasteiger partial charge >= 0.3 is 0 Å². The Labute approximate surface area is 148 Å². The van der Waals surface area contributed by atoms with Crippen LogP contribution in [0, 0.1) is 12.8 Å². The van der Waals surface area contributed by atoms with Crippen molar-refractivity contribution >= 4 is 5.91 Å². The standard InChI is InChI=1S/C18H29N5O2/c1-12-19-17(22-21-12)15-10-23(14-6-8-25-9-7-14)11-16(15)20-18(24)13-4-2-3-5-13/h13-16H,2-11H2,1H3,(H,20,24)(H,19,21,22)/t15-,16-/m1/s1. The van der Waals surface area contributed by atoms with Gasteiger partial charge in [0.2, 0.25) is 5.91 Å². The molecule has 2 aliphatic heterocycles. The van der Waals surface area contributed by atoms with Crippen LogP contribution >= 0.6 is 0 Å². The van der Waals surface area contributed by atoms with Gasteiger partial charge in [-0.2, -0.15) is 5.10 Å². The molecule has 1 amide bonds. The average Bonchev–Trinajstić information content (AvgIpc) is 3.36. The average molecular weight is 347 g/mol. The molecule has 0 unspecified atom stereocenters. The van der Waals surface area contributed by atoms with Crippen LogP contribution in [0.2, 0.25) is 0 Å². The van der Waals surface area contributed by atoms with E-state index in [0.29, 0.717) is 6.04 Å². The maximum absolute atomic E-state index is 12.7. The largest absolute Gasteiger partial charge is 0.381 e. The van der Waals surface area contributed by atoms with Crippen molar-refractivity contribution in [2.45, 2.75) is 63.5 Å². The molecule has 0 bridgehead atoms. The SMILES string of the molecule is Cc1nc([C@@H]2CN(C3CCOCC3)C[C@H]2NC(=O)C2CCCC2)n[nH]1. The van der Waals surface area contributed by atoms with E-state index in [1.54, 1.807) is 0 Å². The molecule has 7 heteroatoms. The Balaban J connectivity index is 1.47. The number of aromatic nitrogens is 3. The molecule has 3 fully saturated rings. The minimum atomic E-state index is 0.103. The normalized spacial score (nSPS) is 29.3. The third-order valence-electron chi connectivity index (χ3n) is 6.06. The predicted octanol–water partition coefficient (Wildman–Crippen LogP) is 1.37. The van der Waals surface area contributed by atoms with Gasteiger partial charge in [0.25, 0.3) is 0 Å². The summed E-state index contributed by atoms with van der Waals surface area (Å²) >= 11 is 0.